The van der Waals surface area contributed by atoms with Gasteiger partial charge in [-0.1, -0.05) is 69.6 Å². The zero-order chi connectivity index (χ0) is 28.7. The van der Waals surface area contributed by atoms with E-state index in [1.54, 1.807) is 0 Å². The van der Waals surface area contributed by atoms with Crippen molar-refractivity contribution in [3.63, 3.8) is 0 Å². The summed E-state index contributed by atoms with van der Waals surface area (Å²) < 4.78 is 0.649. The molecule has 0 radical (unpaired) electrons. The standard InChI is InChI=1S/C28H36N2O6S3/c1-28(2,3)18-13-14-19-20(17-18)39-26(38-19)23-24(35)29(15-9-5-4-7-11-21(31)32)27(37)30(25(23)36)16-10-6-8-12-22(33)34/h13-14,17H,4-12,15-16H2,1-3H3,(H,31,32)(H,33,34). The normalized spacial score (nSPS) is 17.7. The number of unbranched alkanes of at least 4 members (excludes halogenated alkanes) is 5. The van der Waals surface area contributed by atoms with Crippen LogP contribution in [-0.2, 0) is 24.6 Å². The Labute approximate surface area is 243 Å². The van der Waals surface area contributed by atoms with E-state index in [2.05, 4.69) is 32.9 Å². The highest BCUT2D eigenvalue weighted by molar-refractivity contribution is 8.24. The topological polar surface area (TPSA) is 115 Å². The number of benzene rings is 1. The van der Waals surface area contributed by atoms with Crippen molar-refractivity contribution in [2.24, 2.45) is 0 Å². The zero-order valence-corrected chi connectivity index (χ0v) is 25.1. The van der Waals surface area contributed by atoms with Crippen molar-refractivity contribution >= 4 is 64.6 Å². The van der Waals surface area contributed by atoms with Crippen LogP contribution in [0.3, 0.4) is 0 Å². The summed E-state index contributed by atoms with van der Waals surface area (Å²) in [4.78, 5) is 53.9. The van der Waals surface area contributed by atoms with Crippen molar-refractivity contribution in [3.8, 4) is 0 Å². The lowest BCUT2D eigenvalue weighted by Gasteiger charge is -2.37. The monoisotopic (exact) mass is 592 g/mol. The first-order valence-electron chi connectivity index (χ1n) is 13.3. The van der Waals surface area contributed by atoms with E-state index in [1.807, 2.05) is 6.07 Å². The number of amides is 2. The molecule has 1 aromatic carbocycles. The van der Waals surface area contributed by atoms with Crippen LogP contribution in [0.1, 0.15) is 84.1 Å². The number of nitrogens with zero attached hydrogens (tertiary/aromatic N) is 2. The van der Waals surface area contributed by atoms with E-state index in [9.17, 15) is 19.2 Å². The molecule has 1 saturated heterocycles. The molecule has 0 unspecified atom stereocenters. The minimum absolute atomic E-state index is 0.0302. The number of thiocarbonyl (C=S) groups is 1. The fourth-order valence-electron chi connectivity index (χ4n) is 4.33. The molecule has 0 aliphatic carbocycles. The molecule has 2 aliphatic heterocycles. The van der Waals surface area contributed by atoms with Gasteiger partial charge in [-0.05, 0) is 61.0 Å². The van der Waals surface area contributed by atoms with Gasteiger partial charge >= 0.3 is 11.9 Å². The molecule has 2 N–H and O–H groups in total. The van der Waals surface area contributed by atoms with Gasteiger partial charge in [0, 0.05) is 35.7 Å². The molecule has 3 rings (SSSR count). The fraction of sp³-hybridized carbons (Fsp3) is 0.536. The average molecular weight is 593 g/mol. The second kappa shape index (κ2) is 13.8. The average Bonchev–Trinajstić information content (AvgIpc) is 3.26. The number of aliphatic carboxylic acids is 2. The van der Waals surface area contributed by atoms with Crippen LogP contribution in [0.5, 0.6) is 0 Å². The van der Waals surface area contributed by atoms with Crippen molar-refractivity contribution < 1.29 is 29.4 Å². The number of thioether (sulfide) groups is 2. The summed E-state index contributed by atoms with van der Waals surface area (Å²) in [7, 11) is 0. The summed E-state index contributed by atoms with van der Waals surface area (Å²) in [6.45, 7) is 7.09. The highest BCUT2D eigenvalue weighted by atomic mass is 32.2. The quantitative estimate of drug-likeness (QED) is 0.123. The number of carbonyl (C=O) groups is 4. The maximum Gasteiger partial charge on any atom is 0.303 e. The van der Waals surface area contributed by atoms with Gasteiger partial charge in [-0.3, -0.25) is 29.0 Å². The van der Waals surface area contributed by atoms with Crippen molar-refractivity contribution in [2.75, 3.05) is 13.1 Å². The number of hydrogen-bond acceptors (Lipinski definition) is 7. The molecule has 0 bridgehead atoms. The van der Waals surface area contributed by atoms with Crippen LogP contribution in [-0.4, -0.2) is 62.0 Å². The van der Waals surface area contributed by atoms with E-state index >= 15 is 0 Å². The van der Waals surface area contributed by atoms with Gasteiger partial charge in [-0.15, -0.1) is 0 Å². The molecule has 1 aromatic rings. The van der Waals surface area contributed by atoms with Crippen LogP contribution in [0.25, 0.3) is 0 Å². The lowest BCUT2D eigenvalue weighted by atomic mass is 9.87. The molecule has 11 heteroatoms. The largest absolute Gasteiger partial charge is 0.481 e. The minimum Gasteiger partial charge on any atom is -0.481 e. The molecule has 0 spiro atoms. The Bertz CT molecular complexity index is 1170. The number of carbonyl (C=O) groups excluding carboxylic acids is 2. The Morgan fingerprint density at radius 2 is 1.28 bits per heavy atom. The van der Waals surface area contributed by atoms with Crippen molar-refractivity contribution in [3.05, 3.63) is 33.6 Å². The van der Waals surface area contributed by atoms with Crippen LogP contribution in [0.15, 0.2) is 37.8 Å². The van der Waals surface area contributed by atoms with E-state index in [0.717, 1.165) is 22.6 Å². The van der Waals surface area contributed by atoms with Crippen molar-refractivity contribution in [2.45, 2.75) is 93.8 Å². The molecule has 0 saturated carbocycles. The van der Waals surface area contributed by atoms with Crippen LogP contribution in [0.2, 0.25) is 0 Å². The van der Waals surface area contributed by atoms with Crippen LogP contribution in [0.4, 0.5) is 0 Å². The van der Waals surface area contributed by atoms with E-state index in [0.29, 0.717) is 49.4 Å². The predicted octanol–water partition coefficient (Wildman–Crippen LogP) is 6.03. The lowest BCUT2D eigenvalue weighted by Crippen LogP contribution is -2.56. The van der Waals surface area contributed by atoms with E-state index in [-0.39, 0.29) is 28.9 Å². The van der Waals surface area contributed by atoms with Gasteiger partial charge in [-0.25, -0.2) is 0 Å². The van der Waals surface area contributed by atoms with E-state index in [1.165, 1.54) is 38.9 Å². The first kappa shape index (κ1) is 31.2. The molecule has 2 heterocycles. The third-order valence-electron chi connectivity index (χ3n) is 6.59. The van der Waals surface area contributed by atoms with E-state index in [4.69, 9.17) is 22.4 Å². The molecule has 0 atom stereocenters. The Kier molecular flexibility index (Phi) is 11.0. The smallest absolute Gasteiger partial charge is 0.303 e. The summed E-state index contributed by atoms with van der Waals surface area (Å²) in [6.07, 6.45) is 4.61. The lowest BCUT2D eigenvalue weighted by molar-refractivity contribution is -0.138. The second-order valence-electron chi connectivity index (χ2n) is 10.7. The van der Waals surface area contributed by atoms with Crippen LogP contribution < -0.4 is 0 Å². The first-order chi connectivity index (χ1) is 18.4. The first-order valence-corrected chi connectivity index (χ1v) is 15.3. The Hall–Kier alpha value is -2.37. The van der Waals surface area contributed by atoms with Crippen LogP contribution >= 0.6 is 35.7 Å². The fourth-order valence-corrected chi connectivity index (χ4v) is 7.24. The molecule has 2 amide bonds. The highest BCUT2D eigenvalue weighted by Crippen LogP contribution is 2.53. The number of hydrogen-bond donors (Lipinski definition) is 2. The van der Waals surface area contributed by atoms with Crippen molar-refractivity contribution in [1.82, 2.24) is 9.80 Å². The van der Waals surface area contributed by atoms with Crippen molar-refractivity contribution in [1.29, 1.82) is 0 Å². The molecule has 0 aromatic heterocycles. The summed E-state index contributed by atoms with van der Waals surface area (Å²) in [5, 5.41) is 17.9. The van der Waals surface area contributed by atoms with Crippen LogP contribution in [0, 0.1) is 0 Å². The molecular weight excluding hydrogens is 557 g/mol. The summed E-state index contributed by atoms with van der Waals surface area (Å²) >= 11 is 8.49. The number of rotatable bonds is 13. The Morgan fingerprint density at radius 3 is 1.79 bits per heavy atom. The second-order valence-corrected chi connectivity index (χ2v) is 13.5. The predicted molar refractivity (Wildman–Crippen MR) is 157 cm³/mol. The van der Waals surface area contributed by atoms with Gasteiger partial charge in [0.05, 0.1) is 4.24 Å². The third-order valence-corrected chi connectivity index (χ3v) is 9.58. The van der Waals surface area contributed by atoms with Gasteiger partial charge in [0.2, 0.25) is 0 Å². The van der Waals surface area contributed by atoms with Gasteiger partial charge in [0.25, 0.3) is 11.8 Å². The molecule has 212 valence electrons. The Morgan fingerprint density at radius 1 is 0.795 bits per heavy atom. The molecule has 1 fully saturated rings. The third kappa shape index (κ3) is 8.31. The molecular formula is C28H36N2O6S3. The van der Waals surface area contributed by atoms with E-state index < -0.39 is 23.8 Å². The molecule has 8 nitrogen and oxygen atoms in total. The highest BCUT2D eigenvalue weighted by Gasteiger charge is 2.42. The summed E-state index contributed by atoms with van der Waals surface area (Å²) in [5.41, 5.74) is 1.27. The Balaban J connectivity index is 1.80. The summed E-state index contributed by atoms with van der Waals surface area (Å²) in [6, 6.07) is 6.25. The SMILES string of the molecule is CC(C)(C)c1ccc2c(c1)SC(=C1C(=O)N(CCCCCCC(=O)O)C(=S)N(CCCCCC(=O)O)C1=O)S2. The maximum absolute atomic E-state index is 13.7. The van der Waals surface area contributed by atoms with Gasteiger partial charge in [0.1, 0.15) is 5.57 Å². The number of carboxylic acids is 2. The zero-order valence-electron chi connectivity index (χ0n) is 22.7. The molecule has 2 aliphatic rings. The van der Waals surface area contributed by atoms with Gasteiger partial charge in [0.15, 0.2) is 5.11 Å². The maximum atomic E-state index is 13.7. The van der Waals surface area contributed by atoms with Gasteiger partial charge in [-0.2, -0.15) is 0 Å². The number of fused-ring (bicyclic) bond motifs is 1. The number of carboxylic acid groups (broad SMARTS) is 2. The molecule has 39 heavy (non-hydrogen) atoms. The minimum atomic E-state index is -0.851. The summed E-state index contributed by atoms with van der Waals surface area (Å²) in [5.74, 6) is -2.47. The van der Waals surface area contributed by atoms with Gasteiger partial charge < -0.3 is 10.2 Å².